The number of fused-ring (bicyclic) bond motifs is 2. The monoisotopic (exact) mass is 535 g/mol. The molecule has 3 fully saturated rings. The fourth-order valence-corrected chi connectivity index (χ4v) is 10.0. The van der Waals surface area contributed by atoms with Crippen LogP contribution in [-0.2, 0) is 0 Å². The average molecular weight is 535 g/mol. The summed E-state index contributed by atoms with van der Waals surface area (Å²) in [5.41, 5.74) is 12.0. The predicted molar refractivity (Wildman–Crippen MR) is 173 cm³/mol. The maximum Gasteiger partial charge on any atom is -0.0113 e. The van der Waals surface area contributed by atoms with Crippen LogP contribution in [-0.4, -0.2) is 0 Å². The van der Waals surface area contributed by atoms with Crippen molar-refractivity contribution in [3.05, 3.63) is 33.4 Å². The maximum absolute atomic E-state index is 2.46. The lowest BCUT2D eigenvalue weighted by Gasteiger charge is -2.42. The first-order valence-electron chi connectivity index (χ1n) is 16.9. The molecule has 2 atom stereocenters. The minimum absolute atomic E-state index is 0.428. The Morgan fingerprint density at radius 2 is 0.949 bits per heavy atom. The van der Waals surface area contributed by atoms with E-state index >= 15 is 0 Å². The van der Waals surface area contributed by atoms with Crippen molar-refractivity contribution in [2.24, 2.45) is 51.2 Å². The van der Waals surface area contributed by atoms with E-state index in [1.807, 2.05) is 0 Å². The molecule has 0 heterocycles. The van der Waals surface area contributed by atoms with Gasteiger partial charge in [0.2, 0.25) is 0 Å². The molecule has 3 saturated carbocycles. The van der Waals surface area contributed by atoms with Crippen LogP contribution >= 0.6 is 0 Å². The molecular formula is C39H66. The number of hydrogen-bond acceptors (Lipinski definition) is 0. The van der Waals surface area contributed by atoms with Gasteiger partial charge in [0.15, 0.2) is 0 Å². The minimum atomic E-state index is 0.428. The summed E-state index contributed by atoms with van der Waals surface area (Å²) in [4.78, 5) is 0. The highest BCUT2D eigenvalue weighted by atomic mass is 14.5. The fraction of sp³-hybridized carbons (Fsp3) is 0.846. The van der Waals surface area contributed by atoms with E-state index in [2.05, 4.69) is 90.0 Å². The Kier molecular flexibility index (Phi) is 8.63. The molecule has 39 heavy (non-hydrogen) atoms. The van der Waals surface area contributed by atoms with Gasteiger partial charge in [-0.25, -0.2) is 0 Å². The van der Waals surface area contributed by atoms with Crippen LogP contribution in [0.2, 0.25) is 0 Å². The molecule has 0 saturated heterocycles. The lowest BCUT2D eigenvalue weighted by atomic mass is 9.62. The zero-order chi connectivity index (χ0) is 29.1. The molecule has 2 unspecified atom stereocenters. The third-order valence-electron chi connectivity index (χ3n) is 14.4. The van der Waals surface area contributed by atoms with E-state index in [1.165, 1.54) is 64.2 Å². The van der Waals surface area contributed by atoms with Gasteiger partial charge < -0.3 is 0 Å². The van der Waals surface area contributed by atoms with Crippen molar-refractivity contribution >= 4 is 0 Å². The predicted octanol–water partition coefficient (Wildman–Crippen LogP) is 12.5. The van der Waals surface area contributed by atoms with Crippen molar-refractivity contribution < 1.29 is 0 Å². The molecule has 0 radical (unpaired) electrons. The van der Waals surface area contributed by atoms with Gasteiger partial charge in [0.1, 0.15) is 0 Å². The van der Waals surface area contributed by atoms with Crippen LogP contribution in [0.5, 0.6) is 0 Å². The molecule has 0 aromatic heterocycles. The van der Waals surface area contributed by atoms with Crippen molar-refractivity contribution in [3.8, 4) is 0 Å². The summed E-state index contributed by atoms with van der Waals surface area (Å²) in [7, 11) is 0. The van der Waals surface area contributed by atoms with Crippen molar-refractivity contribution in [3.63, 3.8) is 0 Å². The van der Waals surface area contributed by atoms with Gasteiger partial charge in [0.05, 0.1) is 0 Å². The van der Waals surface area contributed by atoms with Gasteiger partial charge in [-0.1, -0.05) is 88.3 Å². The summed E-state index contributed by atoms with van der Waals surface area (Å²) < 4.78 is 0. The molecule has 7 aliphatic rings. The van der Waals surface area contributed by atoms with Crippen molar-refractivity contribution in [1.29, 1.82) is 0 Å². The molecule has 0 aromatic carbocycles. The standard InChI is InChI=1S/C13H20.C13H22.C13H24/c1-8-9(2)13-6-10-3-11(7-13)5-12(8)4-10;1-9-10(2)13(5)7-6-11(8-13)12(9,3)4;1-10-11(2)13(5,6)9-7-8-12(10,3)4/h10-13H,3-7H2,1-2H3;11H,6-8H2,1-5H3;7-9H2,1-6H3. The van der Waals surface area contributed by atoms with Gasteiger partial charge >= 0.3 is 0 Å². The Bertz CT molecular complexity index is 946. The highest BCUT2D eigenvalue weighted by Gasteiger charge is 2.49. The van der Waals surface area contributed by atoms with Gasteiger partial charge in [-0.15, -0.1) is 0 Å². The SMILES string of the molecule is CC1=C(C)C(C)(C)C2CCC1(C)C2.CC1=C(C)C(C)(C)CCCC1(C)C.CC1=C(C)C2CC3CC(CC1C3)C2. The van der Waals surface area contributed by atoms with E-state index in [-0.39, 0.29) is 0 Å². The van der Waals surface area contributed by atoms with Gasteiger partial charge in [0.25, 0.3) is 0 Å². The van der Waals surface area contributed by atoms with E-state index in [4.69, 9.17) is 0 Å². The van der Waals surface area contributed by atoms with E-state index in [0.29, 0.717) is 21.7 Å². The Morgan fingerprint density at radius 3 is 1.38 bits per heavy atom. The quantitative estimate of drug-likeness (QED) is 0.271. The Hall–Kier alpha value is -0.780. The molecule has 222 valence electrons. The molecule has 0 heteroatoms. The van der Waals surface area contributed by atoms with Gasteiger partial charge in [0, 0.05) is 0 Å². The summed E-state index contributed by atoms with van der Waals surface area (Å²) >= 11 is 0. The molecule has 0 aromatic rings. The lowest BCUT2D eigenvalue weighted by molar-refractivity contribution is 0.138. The zero-order valence-corrected chi connectivity index (χ0v) is 28.7. The first kappa shape index (κ1) is 31.2. The molecular weight excluding hydrogens is 468 g/mol. The first-order valence-corrected chi connectivity index (χ1v) is 16.9. The van der Waals surface area contributed by atoms with Crippen LogP contribution in [0, 0.1) is 51.2 Å². The van der Waals surface area contributed by atoms with E-state index in [9.17, 15) is 0 Å². The fourth-order valence-electron chi connectivity index (χ4n) is 10.0. The second-order valence-corrected chi connectivity index (χ2v) is 17.5. The van der Waals surface area contributed by atoms with E-state index < -0.39 is 0 Å². The molecule has 7 rings (SSSR count). The Balaban J connectivity index is 0.000000136. The van der Waals surface area contributed by atoms with Crippen LogP contribution in [0.15, 0.2) is 33.4 Å². The van der Waals surface area contributed by atoms with Crippen LogP contribution in [0.25, 0.3) is 0 Å². The third kappa shape index (κ3) is 5.93. The van der Waals surface area contributed by atoms with Crippen molar-refractivity contribution in [2.75, 3.05) is 0 Å². The van der Waals surface area contributed by atoms with Crippen LogP contribution in [0.4, 0.5) is 0 Å². The molecule has 6 bridgehead atoms. The van der Waals surface area contributed by atoms with Gasteiger partial charge in [-0.2, -0.15) is 0 Å². The Morgan fingerprint density at radius 1 is 0.513 bits per heavy atom. The summed E-state index contributed by atoms with van der Waals surface area (Å²) in [5, 5.41) is 0. The van der Waals surface area contributed by atoms with Crippen LogP contribution in [0.3, 0.4) is 0 Å². The average Bonchev–Trinajstić information content (AvgIpc) is 3.18. The third-order valence-corrected chi connectivity index (χ3v) is 14.4. The minimum Gasteiger partial charge on any atom is -0.0710 e. The molecule has 0 nitrogen and oxygen atoms in total. The largest absolute Gasteiger partial charge is 0.0710 e. The van der Waals surface area contributed by atoms with E-state index in [0.717, 1.165) is 29.6 Å². The van der Waals surface area contributed by atoms with Crippen molar-refractivity contribution in [2.45, 2.75) is 161 Å². The van der Waals surface area contributed by atoms with Crippen LogP contribution < -0.4 is 0 Å². The smallest absolute Gasteiger partial charge is 0.0113 e. The molecule has 7 aliphatic carbocycles. The normalized spacial score (nSPS) is 39.5. The summed E-state index contributed by atoms with van der Waals surface area (Å²) in [5.74, 6) is 5.10. The maximum atomic E-state index is 2.46. The zero-order valence-electron chi connectivity index (χ0n) is 28.7. The first-order chi connectivity index (χ1) is 17.9. The number of rotatable bonds is 0. The second-order valence-electron chi connectivity index (χ2n) is 17.5. The summed E-state index contributed by atoms with van der Waals surface area (Å²) in [6, 6.07) is 0. The number of hydrogen-bond donors (Lipinski definition) is 0. The highest BCUT2D eigenvalue weighted by Crippen LogP contribution is 2.60. The molecule has 0 amide bonds. The van der Waals surface area contributed by atoms with E-state index in [1.54, 1.807) is 39.9 Å². The van der Waals surface area contributed by atoms with Crippen molar-refractivity contribution in [1.82, 2.24) is 0 Å². The molecule has 0 aliphatic heterocycles. The molecule has 0 spiro atoms. The number of allylic oxidation sites excluding steroid dienone is 6. The van der Waals surface area contributed by atoms with Crippen LogP contribution in [0.1, 0.15) is 161 Å². The summed E-state index contributed by atoms with van der Waals surface area (Å²) in [6.45, 7) is 31.0. The Labute approximate surface area is 245 Å². The highest BCUT2D eigenvalue weighted by molar-refractivity contribution is 5.30. The lowest BCUT2D eigenvalue weighted by Crippen LogP contribution is -2.32. The molecule has 0 N–H and O–H groups in total. The topological polar surface area (TPSA) is 0 Å². The second kappa shape index (κ2) is 10.8. The van der Waals surface area contributed by atoms with Gasteiger partial charge in [-0.3, -0.25) is 0 Å². The summed E-state index contributed by atoms with van der Waals surface area (Å²) in [6.07, 6.45) is 16.0. The van der Waals surface area contributed by atoms with Gasteiger partial charge in [-0.05, 0) is 157 Å².